The maximum atomic E-state index is 9.20. The maximum absolute atomic E-state index is 9.20. The van der Waals surface area contributed by atoms with E-state index in [1.807, 2.05) is 14.0 Å². The summed E-state index contributed by atoms with van der Waals surface area (Å²) in [5.41, 5.74) is 2.57. The van der Waals surface area contributed by atoms with Gasteiger partial charge < -0.3 is 5.11 Å². The molecule has 1 rings (SSSR count). The van der Waals surface area contributed by atoms with E-state index in [0.29, 0.717) is 6.54 Å². The third-order valence-corrected chi connectivity index (χ3v) is 2.15. The number of benzene rings is 1. The quantitative estimate of drug-likeness (QED) is 0.788. The molecule has 0 aliphatic carbocycles. The molecular formula is C12H19NO. The van der Waals surface area contributed by atoms with E-state index < -0.39 is 0 Å². The summed E-state index contributed by atoms with van der Waals surface area (Å²) >= 11 is 0. The summed E-state index contributed by atoms with van der Waals surface area (Å²) in [7, 11) is 2.02. The van der Waals surface area contributed by atoms with Crippen molar-refractivity contribution < 1.29 is 5.11 Å². The van der Waals surface area contributed by atoms with E-state index in [-0.39, 0.29) is 6.10 Å². The summed E-state index contributed by atoms with van der Waals surface area (Å²) in [5.74, 6) is 0. The van der Waals surface area contributed by atoms with Crippen molar-refractivity contribution in [1.29, 1.82) is 0 Å². The highest BCUT2D eigenvalue weighted by Crippen LogP contribution is 2.05. The Hall–Kier alpha value is -0.860. The number of rotatable bonds is 4. The SMILES string of the molecule is Cc1ccc(CN(C)C[C@H](C)O)cc1. The Morgan fingerprint density at radius 2 is 1.86 bits per heavy atom. The van der Waals surface area contributed by atoms with E-state index in [9.17, 15) is 5.11 Å². The first kappa shape index (κ1) is 11.2. The summed E-state index contributed by atoms with van der Waals surface area (Å²) in [6.45, 7) is 5.51. The molecule has 2 nitrogen and oxygen atoms in total. The first-order valence-corrected chi connectivity index (χ1v) is 5.00. The van der Waals surface area contributed by atoms with Crippen molar-refractivity contribution in [2.45, 2.75) is 26.5 Å². The van der Waals surface area contributed by atoms with Crippen molar-refractivity contribution in [2.75, 3.05) is 13.6 Å². The van der Waals surface area contributed by atoms with Crippen LogP contribution in [0.5, 0.6) is 0 Å². The molecule has 1 atom stereocenters. The van der Waals surface area contributed by atoms with Gasteiger partial charge in [0.25, 0.3) is 0 Å². The summed E-state index contributed by atoms with van der Waals surface area (Å²) < 4.78 is 0. The first-order chi connectivity index (χ1) is 6.58. The molecule has 0 aromatic heterocycles. The van der Waals surface area contributed by atoms with Crippen molar-refractivity contribution in [2.24, 2.45) is 0 Å². The lowest BCUT2D eigenvalue weighted by Crippen LogP contribution is -2.26. The standard InChI is InChI=1S/C12H19NO/c1-10-4-6-12(7-5-10)9-13(3)8-11(2)14/h4-7,11,14H,8-9H2,1-3H3/t11-/m0/s1. The first-order valence-electron chi connectivity index (χ1n) is 5.00. The molecule has 0 saturated carbocycles. The molecule has 0 spiro atoms. The van der Waals surface area contributed by atoms with Gasteiger partial charge in [-0.3, -0.25) is 4.90 Å². The molecule has 0 bridgehead atoms. The largest absolute Gasteiger partial charge is 0.392 e. The predicted molar refractivity (Wildman–Crippen MR) is 59.2 cm³/mol. The highest BCUT2D eigenvalue weighted by Gasteiger charge is 2.03. The maximum Gasteiger partial charge on any atom is 0.0639 e. The van der Waals surface area contributed by atoms with E-state index in [1.54, 1.807) is 0 Å². The van der Waals surface area contributed by atoms with Gasteiger partial charge in [0.15, 0.2) is 0 Å². The molecule has 14 heavy (non-hydrogen) atoms. The lowest BCUT2D eigenvalue weighted by molar-refractivity contribution is 0.138. The van der Waals surface area contributed by atoms with Gasteiger partial charge in [-0.15, -0.1) is 0 Å². The number of nitrogens with zero attached hydrogens (tertiary/aromatic N) is 1. The molecule has 0 heterocycles. The molecule has 0 fully saturated rings. The Bertz CT molecular complexity index is 266. The van der Waals surface area contributed by atoms with Crippen LogP contribution in [-0.4, -0.2) is 29.7 Å². The lowest BCUT2D eigenvalue weighted by atomic mass is 10.1. The monoisotopic (exact) mass is 193 g/mol. The normalized spacial score (nSPS) is 13.2. The van der Waals surface area contributed by atoms with Crippen molar-refractivity contribution in [3.8, 4) is 0 Å². The third kappa shape index (κ3) is 3.90. The van der Waals surface area contributed by atoms with E-state index in [2.05, 4.69) is 36.1 Å². The summed E-state index contributed by atoms with van der Waals surface area (Å²) in [6, 6.07) is 8.50. The molecule has 0 saturated heterocycles. The number of hydrogen-bond acceptors (Lipinski definition) is 2. The number of likely N-dealkylation sites (N-methyl/N-ethyl adjacent to an activating group) is 1. The number of aliphatic hydroxyl groups excluding tert-OH is 1. The van der Waals surface area contributed by atoms with Crippen LogP contribution in [0.15, 0.2) is 24.3 Å². The van der Waals surface area contributed by atoms with E-state index in [4.69, 9.17) is 0 Å². The minimum Gasteiger partial charge on any atom is -0.392 e. The van der Waals surface area contributed by atoms with Crippen LogP contribution in [0.1, 0.15) is 18.1 Å². The highest BCUT2D eigenvalue weighted by atomic mass is 16.3. The summed E-state index contributed by atoms with van der Waals surface area (Å²) in [5, 5.41) is 9.20. The van der Waals surface area contributed by atoms with Crippen LogP contribution >= 0.6 is 0 Å². The molecule has 1 aromatic carbocycles. The Balaban J connectivity index is 2.47. The molecule has 0 aliphatic rings. The predicted octanol–water partition coefficient (Wildman–Crippen LogP) is 1.81. The zero-order chi connectivity index (χ0) is 10.6. The smallest absolute Gasteiger partial charge is 0.0639 e. The van der Waals surface area contributed by atoms with Gasteiger partial charge in [0.05, 0.1) is 6.10 Å². The van der Waals surface area contributed by atoms with Gasteiger partial charge in [-0.2, -0.15) is 0 Å². The lowest BCUT2D eigenvalue weighted by Gasteiger charge is -2.18. The topological polar surface area (TPSA) is 23.5 Å². The molecule has 0 radical (unpaired) electrons. The van der Waals surface area contributed by atoms with Gasteiger partial charge in [0.1, 0.15) is 0 Å². The van der Waals surface area contributed by atoms with Crippen molar-refractivity contribution in [3.05, 3.63) is 35.4 Å². The molecule has 0 unspecified atom stereocenters. The van der Waals surface area contributed by atoms with Gasteiger partial charge >= 0.3 is 0 Å². The molecule has 1 N–H and O–H groups in total. The van der Waals surface area contributed by atoms with E-state index in [0.717, 1.165) is 6.54 Å². The Kier molecular flexibility index (Phi) is 4.11. The van der Waals surface area contributed by atoms with Crippen LogP contribution in [0, 0.1) is 6.92 Å². The van der Waals surface area contributed by atoms with Gasteiger partial charge in [-0.05, 0) is 26.5 Å². The number of hydrogen-bond donors (Lipinski definition) is 1. The Labute approximate surface area is 86.2 Å². The van der Waals surface area contributed by atoms with Gasteiger partial charge in [-0.25, -0.2) is 0 Å². The average molecular weight is 193 g/mol. The fraction of sp³-hybridized carbons (Fsp3) is 0.500. The molecule has 0 amide bonds. The summed E-state index contributed by atoms with van der Waals surface area (Å²) in [6.07, 6.45) is -0.259. The van der Waals surface area contributed by atoms with Crippen LogP contribution < -0.4 is 0 Å². The van der Waals surface area contributed by atoms with Gasteiger partial charge in [0.2, 0.25) is 0 Å². The van der Waals surface area contributed by atoms with Gasteiger partial charge in [-0.1, -0.05) is 29.8 Å². The number of aryl methyl sites for hydroxylation is 1. The fourth-order valence-electron chi connectivity index (χ4n) is 1.52. The fourth-order valence-corrected chi connectivity index (χ4v) is 1.52. The summed E-state index contributed by atoms with van der Waals surface area (Å²) in [4.78, 5) is 2.12. The van der Waals surface area contributed by atoms with Crippen LogP contribution in [0.2, 0.25) is 0 Å². The van der Waals surface area contributed by atoms with E-state index in [1.165, 1.54) is 11.1 Å². The second-order valence-electron chi connectivity index (χ2n) is 4.03. The number of aliphatic hydroxyl groups is 1. The van der Waals surface area contributed by atoms with Gasteiger partial charge in [0, 0.05) is 13.1 Å². The van der Waals surface area contributed by atoms with Crippen LogP contribution in [-0.2, 0) is 6.54 Å². The third-order valence-electron chi connectivity index (χ3n) is 2.15. The van der Waals surface area contributed by atoms with Crippen LogP contribution in [0.3, 0.4) is 0 Å². The minimum absolute atomic E-state index is 0.259. The van der Waals surface area contributed by atoms with Crippen molar-refractivity contribution in [1.82, 2.24) is 4.90 Å². The minimum atomic E-state index is -0.259. The van der Waals surface area contributed by atoms with Crippen LogP contribution in [0.25, 0.3) is 0 Å². The zero-order valence-corrected chi connectivity index (χ0v) is 9.20. The Morgan fingerprint density at radius 1 is 1.29 bits per heavy atom. The molecule has 0 aliphatic heterocycles. The van der Waals surface area contributed by atoms with Crippen molar-refractivity contribution >= 4 is 0 Å². The molecule has 1 aromatic rings. The average Bonchev–Trinajstić information content (AvgIpc) is 2.07. The highest BCUT2D eigenvalue weighted by molar-refractivity contribution is 5.21. The van der Waals surface area contributed by atoms with Crippen molar-refractivity contribution in [3.63, 3.8) is 0 Å². The van der Waals surface area contributed by atoms with E-state index >= 15 is 0 Å². The zero-order valence-electron chi connectivity index (χ0n) is 9.20. The van der Waals surface area contributed by atoms with Crippen LogP contribution in [0.4, 0.5) is 0 Å². The Morgan fingerprint density at radius 3 is 2.36 bits per heavy atom. The molecular weight excluding hydrogens is 174 g/mol. The molecule has 78 valence electrons. The second kappa shape index (κ2) is 5.13. The second-order valence-corrected chi connectivity index (χ2v) is 4.03. The molecule has 2 heteroatoms.